The maximum Gasteiger partial charge on any atom is 0.147 e. The van der Waals surface area contributed by atoms with Crippen LogP contribution in [-0.4, -0.2) is 32.2 Å². The fraction of sp³-hybridized carbons (Fsp3) is 0.667. The molecule has 0 aromatic heterocycles. The normalized spacial score (nSPS) is 11.0. The Hall–Kier alpha value is -0.820. The van der Waals surface area contributed by atoms with E-state index < -0.39 is 0 Å². The van der Waals surface area contributed by atoms with Crippen LogP contribution in [0.3, 0.4) is 0 Å². The minimum Gasteiger partial charge on any atom is -0.391 e. The van der Waals surface area contributed by atoms with Crippen LogP contribution in [0.2, 0.25) is 0 Å². The van der Waals surface area contributed by atoms with Gasteiger partial charge in [-0.05, 0) is 6.42 Å². The maximum atomic E-state index is 8.99. The fourth-order valence-corrected chi connectivity index (χ4v) is 0.961. The average Bonchev–Trinajstić information content (AvgIpc) is 2.26. The summed E-state index contributed by atoms with van der Waals surface area (Å²) in [6.07, 6.45) is 5.23. The number of aliphatic hydroxyl groups excluding tert-OH is 1. The van der Waals surface area contributed by atoms with Crippen LogP contribution in [0.5, 0.6) is 0 Å². The Labute approximate surface area is 92.1 Å². The monoisotopic (exact) mass is 212 g/mol. The number of allylic oxidation sites excluding steroid dienone is 1. The van der Waals surface area contributed by atoms with Crippen molar-refractivity contribution in [3.8, 4) is 11.8 Å². The van der Waals surface area contributed by atoms with Gasteiger partial charge >= 0.3 is 0 Å². The Morgan fingerprint density at radius 1 is 1.47 bits per heavy atom. The molecule has 0 fully saturated rings. The molecule has 86 valence electrons. The molecule has 0 aliphatic carbocycles. The zero-order valence-corrected chi connectivity index (χ0v) is 9.58. The third-order valence-corrected chi connectivity index (χ3v) is 1.74. The first kappa shape index (κ1) is 14.2. The van der Waals surface area contributed by atoms with Gasteiger partial charge in [-0.2, -0.15) is 0 Å². The molecular weight excluding hydrogens is 192 g/mol. The van der Waals surface area contributed by atoms with E-state index in [2.05, 4.69) is 18.8 Å². The molecule has 0 radical (unpaired) electrons. The predicted molar refractivity (Wildman–Crippen MR) is 60.3 cm³/mol. The molecule has 0 heterocycles. The first-order chi connectivity index (χ1) is 7.35. The van der Waals surface area contributed by atoms with Gasteiger partial charge in [0.25, 0.3) is 0 Å². The van der Waals surface area contributed by atoms with E-state index >= 15 is 0 Å². The number of methoxy groups -OCH3 is 1. The standard InChI is InChI=1S/C12H20O3/c1-3-4-5-7-12(10-13)8-6-9-15-11-14-2/h7,13H,3-5,9-11H2,1-2H3/b12-7-. The highest BCUT2D eigenvalue weighted by Crippen LogP contribution is 1.99. The maximum absolute atomic E-state index is 8.99. The van der Waals surface area contributed by atoms with E-state index in [9.17, 15) is 0 Å². The summed E-state index contributed by atoms with van der Waals surface area (Å²) in [6, 6.07) is 0. The number of ether oxygens (including phenoxy) is 2. The van der Waals surface area contributed by atoms with Gasteiger partial charge in [0.1, 0.15) is 13.4 Å². The largest absolute Gasteiger partial charge is 0.391 e. The lowest BCUT2D eigenvalue weighted by Crippen LogP contribution is -1.96. The van der Waals surface area contributed by atoms with Crippen molar-refractivity contribution in [1.29, 1.82) is 0 Å². The Morgan fingerprint density at radius 2 is 2.27 bits per heavy atom. The Balaban J connectivity index is 3.80. The van der Waals surface area contributed by atoms with Gasteiger partial charge in [0.15, 0.2) is 0 Å². The number of rotatable bonds is 7. The van der Waals surface area contributed by atoms with Crippen molar-refractivity contribution in [3.63, 3.8) is 0 Å². The quantitative estimate of drug-likeness (QED) is 0.397. The lowest BCUT2D eigenvalue weighted by molar-refractivity contribution is -0.0166. The molecule has 0 aromatic rings. The summed E-state index contributed by atoms with van der Waals surface area (Å²) < 4.78 is 9.70. The van der Waals surface area contributed by atoms with Crippen molar-refractivity contribution in [2.45, 2.75) is 26.2 Å². The van der Waals surface area contributed by atoms with Crippen LogP contribution in [-0.2, 0) is 9.47 Å². The van der Waals surface area contributed by atoms with Crippen molar-refractivity contribution in [2.75, 3.05) is 27.1 Å². The molecule has 0 spiro atoms. The van der Waals surface area contributed by atoms with Gasteiger partial charge in [0.2, 0.25) is 0 Å². The minimum absolute atomic E-state index is 0.000984. The molecule has 1 N–H and O–H groups in total. The van der Waals surface area contributed by atoms with Gasteiger partial charge in [-0.3, -0.25) is 0 Å². The highest BCUT2D eigenvalue weighted by atomic mass is 16.7. The molecule has 0 saturated carbocycles. The number of unbranched alkanes of at least 4 members (excludes halogenated alkanes) is 2. The van der Waals surface area contributed by atoms with Gasteiger partial charge in [0.05, 0.1) is 6.61 Å². The highest BCUT2D eigenvalue weighted by Gasteiger charge is 1.88. The smallest absolute Gasteiger partial charge is 0.147 e. The van der Waals surface area contributed by atoms with Crippen molar-refractivity contribution in [2.24, 2.45) is 0 Å². The Morgan fingerprint density at radius 3 is 2.87 bits per heavy atom. The van der Waals surface area contributed by atoms with Crippen LogP contribution in [0.1, 0.15) is 26.2 Å². The third kappa shape index (κ3) is 9.48. The van der Waals surface area contributed by atoms with Crippen molar-refractivity contribution >= 4 is 0 Å². The van der Waals surface area contributed by atoms with Crippen LogP contribution in [0.4, 0.5) is 0 Å². The highest BCUT2D eigenvalue weighted by molar-refractivity contribution is 5.28. The second-order valence-corrected chi connectivity index (χ2v) is 3.09. The molecule has 0 aliphatic rings. The first-order valence-corrected chi connectivity index (χ1v) is 5.20. The molecule has 0 aromatic carbocycles. The van der Waals surface area contributed by atoms with Gasteiger partial charge in [-0.1, -0.05) is 37.7 Å². The van der Waals surface area contributed by atoms with Gasteiger partial charge in [-0.15, -0.1) is 0 Å². The summed E-state index contributed by atoms with van der Waals surface area (Å²) >= 11 is 0. The second-order valence-electron chi connectivity index (χ2n) is 3.09. The molecular formula is C12H20O3. The van der Waals surface area contributed by atoms with Gasteiger partial charge in [0, 0.05) is 12.7 Å². The SMILES string of the molecule is CCCC/C=C(/C#CCOCOC)CO. The molecule has 3 heteroatoms. The number of hydrogen-bond donors (Lipinski definition) is 1. The van der Waals surface area contributed by atoms with E-state index in [0.29, 0.717) is 6.61 Å². The second kappa shape index (κ2) is 11.3. The summed E-state index contributed by atoms with van der Waals surface area (Å²) in [5.41, 5.74) is 0.768. The van der Waals surface area contributed by atoms with E-state index in [0.717, 1.165) is 24.8 Å². The van der Waals surface area contributed by atoms with Crippen molar-refractivity contribution in [3.05, 3.63) is 11.6 Å². The van der Waals surface area contributed by atoms with Crippen LogP contribution in [0, 0.1) is 11.8 Å². The Bertz CT molecular complexity index is 223. The van der Waals surface area contributed by atoms with E-state index in [1.165, 1.54) is 0 Å². The van der Waals surface area contributed by atoms with E-state index in [1.54, 1.807) is 7.11 Å². The molecule has 0 amide bonds. The molecule has 0 atom stereocenters. The van der Waals surface area contributed by atoms with Crippen LogP contribution < -0.4 is 0 Å². The lowest BCUT2D eigenvalue weighted by atomic mass is 10.2. The van der Waals surface area contributed by atoms with E-state index in [-0.39, 0.29) is 13.4 Å². The number of hydrogen-bond acceptors (Lipinski definition) is 3. The minimum atomic E-state index is 0.000984. The molecule has 0 aliphatic heterocycles. The zero-order valence-electron chi connectivity index (χ0n) is 9.58. The summed E-state index contributed by atoms with van der Waals surface area (Å²) in [6.45, 7) is 2.72. The molecule has 0 saturated heterocycles. The van der Waals surface area contributed by atoms with Crippen molar-refractivity contribution < 1.29 is 14.6 Å². The number of aliphatic hydroxyl groups is 1. The summed E-state index contributed by atoms with van der Waals surface area (Å²) in [7, 11) is 1.57. The topological polar surface area (TPSA) is 38.7 Å². The van der Waals surface area contributed by atoms with E-state index in [4.69, 9.17) is 14.6 Å². The summed E-state index contributed by atoms with van der Waals surface area (Å²) in [5.74, 6) is 5.69. The van der Waals surface area contributed by atoms with Crippen LogP contribution in [0.15, 0.2) is 11.6 Å². The molecule has 15 heavy (non-hydrogen) atoms. The van der Waals surface area contributed by atoms with Gasteiger partial charge < -0.3 is 14.6 Å². The third-order valence-electron chi connectivity index (χ3n) is 1.74. The predicted octanol–water partition coefficient (Wildman–Crippen LogP) is 1.72. The van der Waals surface area contributed by atoms with Gasteiger partial charge in [-0.25, -0.2) is 0 Å². The molecule has 0 bridgehead atoms. The zero-order chi connectivity index (χ0) is 11.4. The van der Waals surface area contributed by atoms with Crippen molar-refractivity contribution in [1.82, 2.24) is 0 Å². The summed E-state index contributed by atoms with van der Waals surface area (Å²) in [5, 5.41) is 8.99. The molecule has 0 unspecified atom stereocenters. The Kier molecular flexibility index (Phi) is 10.6. The summed E-state index contributed by atoms with van der Waals surface area (Å²) in [4.78, 5) is 0. The first-order valence-electron chi connectivity index (χ1n) is 5.20. The molecule has 0 rings (SSSR count). The van der Waals surface area contributed by atoms with E-state index in [1.807, 2.05) is 6.08 Å². The fourth-order valence-electron chi connectivity index (χ4n) is 0.961. The van der Waals surface area contributed by atoms with Crippen LogP contribution >= 0.6 is 0 Å². The lowest BCUT2D eigenvalue weighted by Gasteiger charge is -1.96. The molecule has 3 nitrogen and oxygen atoms in total. The average molecular weight is 212 g/mol. The van der Waals surface area contributed by atoms with Crippen LogP contribution in [0.25, 0.3) is 0 Å².